The maximum atomic E-state index is 12.8. The van der Waals surface area contributed by atoms with Crippen LogP contribution in [0.3, 0.4) is 0 Å². The number of amides is 1. The molecule has 5 heterocycles. The Kier molecular flexibility index (Phi) is 5.14. The van der Waals surface area contributed by atoms with Crippen molar-refractivity contribution in [3.8, 4) is 11.6 Å². The number of rotatable bonds is 5. The van der Waals surface area contributed by atoms with E-state index in [1.165, 1.54) is 17.5 Å². The van der Waals surface area contributed by atoms with Crippen LogP contribution in [0, 0.1) is 0 Å². The molecule has 0 radical (unpaired) electrons. The van der Waals surface area contributed by atoms with Crippen LogP contribution in [0.5, 0.6) is 5.88 Å². The van der Waals surface area contributed by atoms with Crippen molar-refractivity contribution in [2.24, 2.45) is 0 Å². The van der Waals surface area contributed by atoms with Gasteiger partial charge in [0.2, 0.25) is 5.88 Å². The summed E-state index contributed by atoms with van der Waals surface area (Å²) in [5.74, 6) is 0.131. The number of aromatic nitrogens is 5. The van der Waals surface area contributed by atoms with Gasteiger partial charge >= 0.3 is 0 Å². The molecule has 0 saturated heterocycles. The van der Waals surface area contributed by atoms with Crippen molar-refractivity contribution >= 4 is 38.2 Å². The van der Waals surface area contributed by atoms with Crippen LogP contribution < -0.4 is 10.1 Å². The van der Waals surface area contributed by atoms with Gasteiger partial charge < -0.3 is 9.47 Å². The number of nitrogens with zero attached hydrogens (tertiary/aromatic N) is 5. The normalized spacial score (nSPS) is 13.8. The number of hydrogen-bond acceptors (Lipinski definition) is 8. The Hall–Kier alpha value is -3.63. The van der Waals surface area contributed by atoms with E-state index in [4.69, 9.17) is 9.47 Å². The molecule has 1 aliphatic rings. The average Bonchev–Trinajstić information content (AvgIpc) is 3.47. The van der Waals surface area contributed by atoms with Gasteiger partial charge in [-0.25, -0.2) is 14.6 Å². The molecule has 9 nitrogen and oxygen atoms in total. The first kappa shape index (κ1) is 19.3. The molecule has 1 aliphatic heterocycles. The first-order valence-corrected chi connectivity index (χ1v) is 10.4. The van der Waals surface area contributed by atoms with E-state index < -0.39 is 0 Å². The molecule has 31 heavy (non-hydrogen) atoms. The second-order valence-corrected chi connectivity index (χ2v) is 7.76. The topological polar surface area (TPSA) is 104 Å². The van der Waals surface area contributed by atoms with Crippen LogP contribution in [0.1, 0.15) is 22.3 Å². The highest BCUT2D eigenvalue weighted by Gasteiger charge is 2.19. The number of hydrogen-bond donors (Lipinski definition) is 1. The summed E-state index contributed by atoms with van der Waals surface area (Å²) in [6.07, 6.45) is 11.2. The maximum Gasteiger partial charge on any atom is 0.260 e. The van der Waals surface area contributed by atoms with Crippen LogP contribution in [0.15, 0.2) is 49.2 Å². The molecule has 4 aromatic heterocycles. The standard InChI is InChI=1S/C21H18N6O3S/c1-29-20-17-18(16(11-23-20)13-4-8-30-9-5-13)31-21(25-17)26-19(28)14-10-24-27(12-14)15-2-6-22-7-3-15/h2-4,6-7,10-12H,5,8-9H2,1H3,(H,25,26,28). The number of thiazole rings is 1. The second kappa shape index (κ2) is 8.25. The number of nitrogens with one attached hydrogen (secondary N) is 1. The van der Waals surface area contributed by atoms with Gasteiger partial charge in [0.15, 0.2) is 5.13 Å². The van der Waals surface area contributed by atoms with Crippen LogP contribution in [-0.2, 0) is 4.74 Å². The third-order valence-electron chi connectivity index (χ3n) is 4.88. The van der Waals surface area contributed by atoms with E-state index in [9.17, 15) is 4.79 Å². The molecule has 0 atom stereocenters. The lowest BCUT2D eigenvalue weighted by Crippen LogP contribution is -2.10. The highest BCUT2D eigenvalue weighted by atomic mass is 32.1. The van der Waals surface area contributed by atoms with E-state index in [2.05, 4.69) is 31.4 Å². The molecule has 156 valence electrons. The van der Waals surface area contributed by atoms with Gasteiger partial charge in [0.1, 0.15) is 5.52 Å². The van der Waals surface area contributed by atoms with Crippen molar-refractivity contribution in [1.82, 2.24) is 24.7 Å². The average molecular weight is 434 g/mol. The lowest BCUT2D eigenvalue weighted by atomic mass is 10.0. The minimum Gasteiger partial charge on any atom is -0.479 e. The summed E-state index contributed by atoms with van der Waals surface area (Å²) in [5, 5.41) is 7.59. The molecular formula is C21H18N6O3S. The SMILES string of the molecule is COc1ncc(C2=CCOCC2)c2sc(NC(=O)c3cnn(-c4ccncc4)c3)nc12. The maximum absolute atomic E-state index is 12.8. The molecule has 0 spiro atoms. The van der Waals surface area contributed by atoms with Crippen molar-refractivity contribution in [2.75, 3.05) is 25.6 Å². The van der Waals surface area contributed by atoms with Gasteiger partial charge in [0, 0.05) is 30.4 Å². The van der Waals surface area contributed by atoms with Crippen LogP contribution in [0.2, 0.25) is 0 Å². The third-order valence-corrected chi connectivity index (χ3v) is 5.88. The summed E-state index contributed by atoms with van der Waals surface area (Å²) in [6, 6.07) is 3.63. The molecule has 0 aromatic carbocycles. The van der Waals surface area contributed by atoms with Gasteiger partial charge in [-0.15, -0.1) is 0 Å². The molecule has 0 unspecified atom stereocenters. The van der Waals surface area contributed by atoms with Gasteiger partial charge in [-0.1, -0.05) is 17.4 Å². The van der Waals surface area contributed by atoms with Crippen LogP contribution in [0.4, 0.5) is 5.13 Å². The first-order chi connectivity index (χ1) is 15.2. The number of anilines is 1. The lowest BCUT2D eigenvalue weighted by Gasteiger charge is -2.14. The smallest absolute Gasteiger partial charge is 0.260 e. The monoisotopic (exact) mass is 434 g/mol. The zero-order valence-electron chi connectivity index (χ0n) is 16.6. The highest BCUT2D eigenvalue weighted by Crippen LogP contribution is 2.37. The summed E-state index contributed by atoms with van der Waals surface area (Å²) in [5.41, 5.74) is 4.02. The molecule has 5 rings (SSSR count). The fourth-order valence-electron chi connectivity index (χ4n) is 3.34. The number of ether oxygens (including phenoxy) is 2. The van der Waals surface area contributed by atoms with E-state index in [0.29, 0.717) is 35.3 Å². The highest BCUT2D eigenvalue weighted by molar-refractivity contribution is 7.22. The fraction of sp³-hybridized carbons (Fsp3) is 0.190. The van der Waals surface area contributed by atoms with E-state index in [0.717, 1.165) is 27.9 Å². The number of carbonyl (C=O) groups excluding carboxylic acids is 1. The lowest BCUT2D eigenvalue weighted by molar-refractivity contribution is 0.102. The van der Waals surface area contributed by atoms with E-state index in [1.807, 2.05) is 12.1 Å². The Labute approximate surface area is 181 Å². The van der Waals surface area contributed by atoms with Gasteiger partial charge in [0.05, 0.1) is 42.5 Å². The van der Waals surface area contributed by atoms with Gasteiger partial charge in [-0.05, 0) is 24.1 Å². The van der Waals surface area contributed by atoms with Gasteiger partial charge in [-0.3, -0.25) is 15.1 Å². The second-order valence-electron chi connectivity index (χ2n) is 6.77. The number of pyridine rings is 2. The number of fused-ring (bicyclic) bond motifs is 1. The van der Waals surface area contributed by atoms with Crippen LogP contribution >= 0.6 is 11.3 Å². The molecule has 1 N–H and O–H groups in total. The molecule has 0 bridgehead atoms. The quantitative estimate of drug-likeness (QED) is 0.514. The summed E-state index contributed by atoms with van der Waals surface area (Å²) in [6.45, 7) is 1.25. The largest absolute Gasteiger partial charge is 0.479 e. The Morgan fingerprint density at radius 1 is 1.29 bits per heavy atom. The third kappa shape index (κ3) is 3.78. The number of methoxy groups -OCH3 is 1. The summed E-state index contributed by atoms with van der Waals surface area (Å²) < 4.78 is 13.3. The molecule has 0 aliphatic carbocycles. The van der Waals surface area contributed by atoms with Crippen molar-refractivity contribution in [3.63, 3.8) is 0 Å². The molecule has 0 fully saturated rings. The van der Waals surface area contributed by atoms with Crippen LogP contribution in [0.25, 0.3) is 21.5 Å². The summed E-state index contributed by atoms with van der Waals surface area (Å²) in [7, 11) is 1.56. The molecule has 10 heteroatoms. The Balaban J connectivity index is 1.45. The Morgan fingerprint density at radius 2 is 2.16 bits per heavy atom. The zero-order valence-corrected chi connectivity index (χ0v) is 17.4. The Morgan fingerprint density at radius 3 is 2.94 bits per heavy atom. The van der Waals surface area contributed by atoms with E-state index in [1.54, 1.807) is 36.6 Å². The molecule has 0 saturated carbocycles. The minimum absolute atomic E-state index is 0.293. The molecular weight excluding hydrogens is 416 g/mol. The van der Waals surface area contributed by atoms with E-state index >= 15 is 0 Å². The Bertz CT molecular complexity index is 1280. The predicted molar refractivity (Wildman–Crippen MR) is 117 cm³/mol. The van der Waals surface area contributed by atoms with Gasteiger partial charge in [-0.2, -0.15) is 5.10 Å². The zero-order chi connectivity index (χ0) is 21.2. The fourth-order valence-corrected chi connectivity index (χ4v) is 4.34. The first-order valence-electron chi connectivity index (χ1n) is 9.60. The van der Waals surface area contributed by atoms with Crippen molar-refractivity contribution in [2.45, 2.75) is 6.42 Å². The number of carbonyl (C=O) groups is 1. The van der Waals surface area contributed by atoms with Gasteiger partial charge in [0.25, 0.3) is 5.91 Å². The van der Waals surface area contributed by atoms with E-state index in [-0.39, 0.29) is 5.91 Å². The van der Waals surface area contributed by atoms with Crippen LogP contribution in [-0.4, -0.2) is 51.0 Å². The van der Waals surface area contributed by atoms with Crippen molar-refractivity contribution < 1.29 is 14.3 Å². The predicted octanol–water partition coefficient (Wildman–Crippen LogP) is 3.34. The summed E-state index contributed by atoms with van der Waals surface area (Å²) >= 11 is 1.39. The molecule has 1 amide bonds. The van der Waals surface area contributed by atoms with Crippen molar-refractivity contribution in [1.29, 1.82) is 0 Å². The minimum atomic E-state index is -0.293. The molecule has 4 aromatic rings. The summed E-state index contributed by atoms with van der Waals surface area (Å²) in [4.78, 5) is 25.8. The van der Waals surface area contributed by atoms with Crippen molar-refractivity contribution in [3.05, 3.63) is 60.3 Å².